The second-order valence-corrected chi connectivity index (χ2v) is 6.39. The van der Waals surface area contributed by atoms with Crippen molar-refractivity contribution in [3.63, 3.8) is 0 Å². The van der Waals surface area contributed by atoms with Crippen molar-refractivity contribution in [2.45, 2.75) is 20.0 Å². The van der Waals surface area contributed by atoms with Crippen LogP contribution in [0.15, 0.2) is 30.5 Å². The monoisotopic (exact) mass is 426 g/mol. The van der Waals surface area contributed by atoms with E-state index in [-0.39, 0.29) is 17.4 Å². The van der Waals surface area contributed by atoms with Crippen LogP contribution in [0.3, 0.4) is 0 Å². The summed E-state index contributed by atoms with van der Waals surface area (Å²) >= 11 is 6.06. The first kappa shape index (κ1) is 20.6. The number of benzene rings is 1. The molecule has 3 rings (SSSR count). The maximum atomic E-state index is 13.7. The van der Waals surface area contributed by atoms with E-state index < -0.39 is 23.4 Å². The molecule has 0 amide bonds. The summed E-state index contributed by atoms with van der Waals surface area (Å²) in [5.41, 5.74) is -0.853. The molecule has 0 aliphatic rings. The molecule has 2 aromatic heterocycles. The average Bonchev–Trinajstić information content (AvgIpc) is 3.12. The molecule has 152 valence electrons. The molecule has 0 N–H and O–H groups in total. The fourth-order valence-electron chi connectivity index (χ4n) is 2.61. The van der Waals surface area contributed by atoms with Gasteiger partial charge in [-0.1, -0.05) is 11.6 Å². The summed E-state index contributed by atoms with van der Waals surface area (Å²) in [5.74, 6) is -1.27. The molecule has 0 aliphatic carbocycles. The predicted octanol–water partition coefficient (Wildman–Crippen LogP) is 4.18. The number of aryl methyl sites for hydroxylation is 2. The first-order valence-electron chi connectivity index (χ1n) is 8.14. The molecule has 0 saturated heterocycles. The summed E-state index contributed by atoms with van der Waals surface area (Å²) in [4.78, 5) is 12.5. The van der Waals surface area contributed by atoms with E-state index in [1.165, 1.54) is 31.4 Å². The zero-order chi connectivity index (χ0) is 21.3. The lowest BCUT2D eigenvalue weighted by molar-refractivity contribution is -0.143. The van der Waals surface area contributed by atoms with Gasteiger partial charge in [-0.05, 0) is 43.2 Å². The van der Waals surface area contributed by atoms with Crippen LogP contribution in [0.25, 0.3) is 5.82 Å². The van der Waals surface area contributed by atoms with Gasteiger partial charge in [0.1, 0.15) is 11.3 Å². The number of alkyl halides is 3. The molecule has 7 nitrogen and oxygen atoms in total. The molecule has 0 spiro atoms. The fraction of sp³-hybridized carbons (Fsp3) is 0.222. The summed E-state index contributed by atoms with van der Waals surface area (Å²) < 4.78 is 51.5. The Hall–Kier alpha value is -3.14. The van der Waals surface area contributed by atoms with Crippen LogP contribution in [-0.2, 0) is 6.18 Å². The highest BCUT2D eigenvalue weighted by Gasteiger charge is 2.41. The van der Waals surface area contributed by atoms with Crippen LogP contribution in [0.4, 0.5) is 13.2 Å². The molecule has 2 heterocycles. The lowest BCUT2D eigenvalue weighted by atomic mass is 10.1. The van der Waals surface area contributed by atoms with Gasteiger partial charge >= 0.3 is 12.1 Å². The van der Waals surface area contributed by atoms with Crippen molar-refractivity contribution in [3.05, 3.63) is 57.9 Å². The molecule has 0 saturated carbocycles. The lowest BCUT2D eigenvalue weighted by Crippen LogP contribution is -2.20. The van der Waals surface area contributed by atoms with Crippen LogP contribution in [0.1, 0.15) is 27.2 Å². The van der Waals surface area contributed by atoms with E-state index in [2.05, 4.69) is 15.3 Å². The van der Waals surface area contributed by atoms with E-state index in [4.69, 9.17) is 21.1 Å². The van der Waals surface area contributed by atoms with Gasteiger partial charge in [0.15, 0.2) is 11.5 Å². The summed E-state index contributed by atoms with van der Waals surface area (Å²) in [6, 6.07) is 5.47. The normalized spacial score (nSPS) is 11.4. The number of nitrogens with zero attached hydrogens (tertiary/aromatic N) is 4. The van der Waals surface area contributed by atoms with E-state index in [0.717, 1.165) is 6.20 Å². The van der Waals surface area contributed by atoms with Gasteiger partial charge in [0, 0.05) is 11.1 Å². The largest absolute Gasteiger partial charge is 0.480 e. The van der Waals surface area contributed by atoms with Gasteiger partial charge in [0.25, 0.3) is 0 Å². The minimum atomic E-state index is -4.90. The van der Waals surface area contributed by atoms with Crippen LogP contribution in [0, 0.1) is 13.8 Å². The van der Waals surface area contributed by atoms with Gasteiger partial charge in [0.2, 0.25) is 5.88 Å². The van der Waals surface area contributed by atoms with Gasteiger partial charge in [0.05, 0.1) is 13.3 Å². The van der Waals surface area contributed by atoms with Crippen molar-refractivity contribution >= 4 is 17.6 Å². The number of ether oxygens (including phenoxy) is 2. The Morgan fingerprint density at radius 2 is 1.79 bits per heavy atom. The number of esters is 1. The molecule has 0 bridgehead atoms. The molecular weight excluding hydrogens is 413 g/mol. The zero-order valence-corrected chi connectivity index (χ0v) is 16.2. The van der Waals surface area contributed by atoms with Gasteiger partial charge in [-0.3, -0.25) is 0 Å². The highest BCUT2D eigenvalue weighted by molar-refractivity contribution is 6.32. The van der Waals surface area contributed by atoms with Crippen molar-refractivity contribution in [1.29, 1.82) is 0 Å². The van der Waals surface area contributed by atoms with E-state index in [9.17, 15) is 18.0 Å². The van der Waals surface area contributed by atoms with Crippen LogP contribution < -0.4 is 9.47 Å². The van der Waals surface area contributed by atoms with Crippen molar-refractivity contribution in [2.24, 2.45) is 0 Å². The minimum absolute atomic E-state index is 0.0690. The highest BCUT2D eigenvalue weighted by Crippen LogP contribution is 2.34. The first-order chi connectivity index (χ1) is 13.6. The smallest absolute Gasteiger partial charge is 0.434 e. The fourth-order valence-corrected chi connectivity index (χ4v) is 2.72. The van der Waals surface area contributed by atoms with E-state index in [1.54, 1.807) is 13.8 Å². The van der Waals surface area contributed by atoms with Gasteiger partial charge in [-0.2, -0.15) is 18.3 Å². The van der Waals surface area contributed by atoms with Crippen LogP contribution in [0.2, 0.25) is 5.02 Å². The van der Waals surface area contributed by atoms with Crippen molar-refractivity contribution < 1.29 is 27.4 Å². The number of carbonyl (C=O) groups is 1. The average molecular weight is 427 g/mol. The molecule has 0 fully saturated rings. The minimum Gasteiger partial charge on any atom is -0.480 e. The number of rotatable bonds is 4. The Labute approximate surface area is 168 Å². The summed E-state index contributed by atoms with van der Waals surface area (Å²) in [6.45, 7) is 3.38. The standard InChI is InChI=1S/C18H14ClF3N4O3/c1-9-6-11(7-10(2)15(9)19)29-17(27)12-8-23-26(16(12)18(20,21)22)13-4-5-14(28-3)25-24-13/h4-8H,1-3H3. The second-order valence-electron chi connectivity index (χ2n) is 6.01. The summed E-state index contributed by atoms with van der Waals surface area (Å²) in [7, 11) is 1.34. The van der Waals surface area contributed by atoms with E-state index >= 15 is 0 Å². The van der Waals surface area contributed by atoms with E-state index in [0.29, 0.717) is 20.8 Å². The van der Waals surface area contributed by atoms with Crippen LogP contribution in [0.5, 0.6) is 11.6 Å². The third-order valence-corrected chi connectivity index (χ3v) is 4.53. The SMILES string of the molecule is COc1ccc(-n2ncc(C(=O)Oc3cc(C)c(Cl)c(C)c3)c2C(F)(F)F)nn1. The van der Waals surface area contributed by atoms with Crippen molar-refractivity contribution in [3.8, 4) is 17.4 Å². The summed E-state index contributed by atoms with van der Waals surface area (Å²) in [6.07, 6.45) is -4.13. The topological polar surface area (TPSA) is 79.1 Å². The number of methoxy groups -OCH3 is 1. The maximum Gasteiger partial charge on any atom is 0.434 e. The first-order valence-corrected chi connectivity index (χ1v) is 8.52. The Bertz CT molecular complexity index is 1040. The Kier molecular flexibility index (Phi) is 5.47. The third kappa shape index (κ3) is 4.16. The molecule has 0 atom stereocenters. The van der Waals surface area contributed by atoms with Crippen molar-refractivity contribution in [1.82, 2.24) is 20.0 Å². The molecule has 11 heteroatoms. The molecular formula is C18H14ClF3N4O3. The molecule has 0 unspecified atom stereocenters. The molecule has 3 aromatic rings. The second kappa shape index (κ2) is 7.70. The quantitative estimate of drug-likeness (QED) is 0.460. The molecule has 29 heavy (non-hydrogen) atoms. The Morgan fingerprint density at radius 3 is 2.31 bits per heavy atom. The van der Waals surface area contributed by atoms with Crippen LogP contribution >= 0.6 is 11.6 Å². The summed E-state index contributed by atoms with van der Waals surface area (Å²) in [5, 5.41) is 11.4. The molecule has 1 aromatic carbocycles. The lowest BCUT2D eigenvalue weighted by Gasteiger charge is -2.12. The molecule has 0 aliphatic heterocycles. The maximum absolute atomic E-state index is 13.7. The van der Waals surface area contributed by atoms with Gasteiger partial charge in [-0.15, -0.1) is 10.2 Å². The number of hydrogen-bond donors (Lipinski definition) is 0. The van der Waals surface area contributed by atoms with Gasteiger partial charge in [-0.25, -0.2) is 9.48 Å². The number of aromatic nitrogens is 4. The van der Waals surface area contributed by atoms with E-state index in [1.807, 2.05) is 0 Å². The Balaban J connectivity index is 2.01. The van der Waals surface area contributed by atoms with Crippen molar-refractivity contribution in [2.75, 3.05) is 7.11 Å². The number of hydrogen-bond acceptors (Lipinski definition) is 6. The zero-order valence-electron chi connectivity index (χ0n) is 15.4. The predicted molar refractivity (Wildman–Crippen MR) is 96.6 cm³/mol. The van der Waals surface area contributed by atoms with Gasteiger partial charge < -0.3 is 9.47 Å². The number of carbonyl (C=O) groups excluding carboxylic acids is 1. The molecule has 0 radical (unpaired) electrons. The third-order valence-electron chi connectivity index (χ3n) is 3.93. The Morgan fingerprint density at radius 1 is 1.14 bits per heavy atom. The number of halogens is 4. The highest BCUT2D eigenvalue weighted by atomic mass is 35.5. The van der Waals surface area contributed by atoms with Crippen LogP contribution in [-0.4, -0.2) is 33.1 Å².